The van der Waals surface area contributed by atoms with E-state index in [1.165, 1.54) is 5.56 Å². The maximum Gasteiger partial charge on any atom is 0.335 e. The molecule has 1 N–H and O–H groups in total. The first-order valence-corrected chi connectivity index (χ1v) is 6.88. The lowest BCUT2D eigenvalue weighted by Gasteiger charge is -2.13. The van der Waals surface area contributed by atoms with Crippen LogP contribution >= 0.6 is 0 Å². The highest BCUT2D eigenvalue weighted by Gasteiger charge is 2.11. The van der Waals surface area contributed by atoms with Crippen molar-refractivity contribution in [3.05, 3.63) is 66.0 Å². The summed E-state index contributed by atoms with van der Waals surface area (Å²) in [5.74, 6) is -0.563. The molecule has 0 radical (unpaired) electrons. The summed E-state index contributed by atoms with van der Waals surface area (Å²) in [6.45, 7) is 2.99. The molecule has 0 saturated heterocycles. The van der Waals surface area contributed by atoms with Crippen molar-refractivity contribution >= 4 is 17.0 Å². The summed E-state index contributed by atoms with van der Waals surface area (Å²) in [5.41, 5.74) is 3.23. The maximum absolute atomic E-state index is 11.0. The fraction of sp³-hybridized carbons (Fsp3) is 0.176. The molecule has 4 heteroatoms. The third-order valence-electron chi connectivity index (χ3n) is 3.71. The second-order valence-corrected chi connectivity index (χ2v) is 5.22. The molecule has 1 heterocycles. The van der Waals surface area contributed by atoms with E-state index in [-0.39, 0.29) is 5.56 Å². The lowest BCUT2D eigenvalue weighted by Crippen LogP contribution is -2.05. The van der Waals surface area contributed by atoms with Gasteiger partial charge in [-0.05, 0) is 29.7 Å². The van der Waals surface area contributed by atoms with Crippen molar-refractivity contribution in [2.45, 2.75) is 19.4 Å². The number of aromatic carboxylic acids is 1. The number of aromatic nitrogens is 2. The number of rotatable bonds is 4. The first-order chi connectivity index (χ1) is 10.1. The molecular formula is C17H16N2O2. The van der Waals surface area contributed by atoms with E-state index in [0.717, 1.165) is 17.6 Å². The average molecular weight is 280 g/mol. The maximum atomic E-state index is 11.0. The number of carboxylic acid groups (broad SMARTS) is 1. The van der Waals surface area contributed by atoms with Gasteiger partial charge in [-0.15, -0.1) is 0 Å². The zero-order chi connectivity index (χ0) is 14.8. The van der Waals surface area contributed by atoms with Crippen LogP contribution in [0.2, 0.25) is 0 Å². The van der Waals surface area contributed by atoms with Gasteiger partial charge in [-0.25, -0.2) is 9.78 Å². The Morgan fingerprint density at radius 1 is 1.24 bits per heavy atom. The molecule has 0 spiro atoms. The lowest BCUT2D eigenvalue weighted by atomic mass is 10.0. The van der Waals surface area contributed by atoms with Gasteiger partial charge in [0.1, 0.15) is 0 Å². The van der Waals surface area contributed by atoms with Crippen LogP contribution in [0, 0.1) is 0 Å². The van der Waals surface area contributed by atoms with Gasteiger partial charge in [-0.1, -0.05) is 37.3 Å². The van der Waals surface area contributed by atoms with Crippen LogP contribution in [0.15, 0.2) is 54.9 Å². The summed E-state index contributed by atoms with van der Waals surface area (Å²) >= 11 is 0. The van der Waals surface area contributed by atoms with Crippen LogP contribution in [-0.2, 0) is 6.54 Å². The molecule has 0 bridgehead atoms. The number of benzene rings is 2. The van der Waals surface area contributed by atoms with E-state index in [4.69, 9.17) is 5.11 Å². The molecule has 0 fully saturated rings. The van der Waals surface area contributed by atoms with Crippen LogP contribution in [0.4, 0.5) is 0 Å². The number of nitrogens with zero attached hydrogens (tertiary/aromatic N) is 2. The molecule has 3 aromatic rings. The van der Waals surface area contributed by atoms with Crippen molar-refractivity contribution in [1.29, 1.82) is 0 Å². The van der Waals surface area contributed by atoms with Gasteiger partial charge in [0.15, 0.2) is 0 Å². The number of imidazole rings is 1. The minimum absolute atomic E-state index is 0.267. The van der Waals surface area contributed by atoms with Gasteiger partial charge in [0.2, 0.25) is 0 Å². The summed E-state index contributed by atoms with van der Waals surface area (Å²) < 4.78 is 2.07. The Bertz CT molecular complexity index is 778. The minimum atomic E-state index is -0.927. The molecule has 0 aliphatic carbocycles. The number of hydrogen-bond acceptors (Lipinski definition) is 2. The summed E-state index contributed by atoms with van der Waals surface area (Å²) in [6.07, 6.45) is 1.77. The molecule has 0 aliphatic heterocycles. The van der Waals surface area contributed by atoms with Crippen molar-refractivity contribution in [2.75, 3.05) is 0 Å². The van der Waals surface area contributed by atoms with E-state index >= 15 is 0 Å². The molecule has 3 rings (SSSR count). The smallest absolute Gasteiger partial charge is 0.335 e. The molecular weight excluding hydrogens is 264 g/mol. The predicted molar refractivity (Wildman–Crippen MR) is 81.5 cm³/mol. The standard InChI is InChI=1S/C17H16N2O2/c1-12(13-5-3-2-4-6-13)10-19-11-18-15-9-14(17(20)21)7-8-16(15)19/h2-9,11-12H,10H2,1H3,(H,20,21). The van der Waals surface area contributed by atoms with E-state index in [1.807, 2.05) is 24.3 Å². The second-order valence-electron chi connectivity index (χ2n) is 5.22. The van der Waals surface area contributed by atoms with E-state index < -0.39 is 5.97 Å². The summed E-state index contributed by atoms with van der Waals surface area (Å²) in [4.78, 5) is 15.3. The van der Waals surface area contributed by atoms with Crippen molar-refractivity contribution < 1.29 is 9.90 Å². The average Bonchev–Trinajstić information content (AvgIpc) is 2.90. The Kier molecular flexibility index (Phi) is 3.44. The number of fused-ring (bicyclic) bond motifs is 1. The zero-order valence-electron chi connectivity index (χ0n) is 11.7. The van der Waals surface area contributed by atoms with Gasteiger partial charge in [-0.2, -0.15) is 0 Å². The summed E-state index contributed by atoms with van der Waals surface area (Å²) in [5, 5.41) is 9.01. The summed E-state index contributed by atoms with van der Waals surface area (Å²) in [7, 11) is 0. The largest absolute Gasteiger partial charge is 0.478 e. The van der Waals surface area contributed by atoms with Crippen molar-refractivity contribution in [1.82, 2.24) is 9.55 Å². The topological polar surface area (TPSA) is 55.1 Å². The van der Waals surface area contributed by atoms with Gasteiger partial charge in [0.25, 0.3) is 0 Å². The second kappa shape index (κ2) is 5.40. The minimum Gasteiger partial charge on any atom is -0.478 e. The molecule has 0 amide bonds. The molecule has 1 atom stereocenters. The fourth-order valence-corrected chi connectivity index (χ4v) is 2.52. The lowest BCUT2D eigenvalue weighted by molar-refractivity contribution is 0.0697. The van der Waals surface area contributed by atoms with Crippen LogP contribution in [0.5, 0.6) is 0 Å². The first kappa shape index (κ1) is 13.4. The van der Waals surface area contributed by atoms with Gasteiger partial charge in [0, 0.05) is 6.54 Å². The number of carbonyl (C=O) groups is 1. The third-order valence-corrected chi connectivity index (χ3v) is 3.71. The highest BCUT2D eigenvalue weighted by atomic mass is 16.4. The van der Waals surface area contributed by atoms with Crippen molar-refractivity contribution in [3.8, 4) is 0 Å². The normalized spacial score (nSPS) is 12.4. The quantitative estimate of drug-likeness (QED) is 0.795. The van der Waals surface area contributed by atoms with Crippen molar-refractivity contribution in [3.63, 3.8) is 0 Å². The first-order valence-electron chi connectivity index (χ1n) is 6.88. The Morgan fingerprint density at radius 3 is 2.71 bits per heavy atom. The van der Waals surface area contributed by atoms with E-state index in [0.29, 0.717) is 5.92 Å². The number of carboxylic acids is 1. The van der Waals surface area contributed by atoms with Gasteiger partial charge in [0.05, 0.1) is 22.9 Å². The highest BCUT2D eigenvalue weighted by Crippen LogP contribution is 2.21. The van der Waals surface area contributed by atoms with Crippen LogP contribution in [0.1, 0.15) is 28.8 Å². The fourth-order valence-electron chi connectivity index (χ4n) is 2.52. The Balaban J connectivity index is 1.89. The highest BCUT2D eigenvalue weighted by molar-refractivity contribution is 5.92. The predicted octanol–water partition coefficient (Wildman–Crippen LogP) is 3.54. The monoisotopic (exact) mass is 280 g/mol. The Hall–Kier alpha value is -2.62. The van der Waals surface area contributed by atoms with Gasteiger partial charge >= 0.3 is 5.97 Å². The third kappa shape index (κ3) is 2.65. The van der Waals surface area contributed by atoms with Gasteiger partial charge < -0.3 is 9.67 Å². The SMILES string of the molecule is CC(Cn1cnc2cc(C(=O)O)ccc21)c1ccccc1. The van der Waals surface area contributed by atoms with Crippen LogP contribution < -0.4 is 0 Å². The molecule has 106 valence electrons. The molecule has 21 heavy (non-hydrogen) atoms. The van der Waals surface area contributed by atoms with E-state index in [9.17, 15) is 4.79 Å². The van der Waals surface area contributed by atoms with Crippen LogP contribution in [0.3, 0.4) is 0 Å². The van der Waals surface area contributed by atoms with E-state index in [2.05, 4.69) is 28.6 Å². The van der Waals surface area contributed by atoms with E-state index in [1.54, 1.807) is 18.5 Å². The molecule has 2 aromatic carbocycles. The molecule has 1 aromatic heterocycles. The Labute approximate surface area is 122 Å². The van der Waals surface area contributed by atoms with Gasteiger partial charge in [-0.3, -0.25) is 0 Å². The number of hydrogen-bond donors (Lipinski definition) is 1. The Morgan fingerprint density at radius 2 is 2.00 bits per heavy atom. The zero-order valence-corrected chi connectivity index (χ0v) is 11.7. The molecule has 0 aliphatic rings. The molecule has 4 nitrogen and oxygen atoms in total. The van der Waals surface area contributed by atoms with Crippen LogP contribution in [0.25, 0.3) is 11.0 Å². The van der Waals surface area contributed by atoms with Crippen LogP contribution in [-0.4, -0.2) is 20.6 Å². The summed E-state index contributed by atoms with van der Waals surface area (Å²) in [6, 6.07) is 15.4. The van der Waals surface area contributed by atoms with Crippen molar-refractivity contribution in [2.24, 2.45) is 0 Å². The molecule has 1 unspecified atom stereocenters. The molecule has 0 saturated carbocycles.